The van der Waals surface area contributed by atoms with E-state index in [1.165, 1.54) is 89.9 Å². The summed E-state index contributed by atoms with van der Waals surface area (Å²) in [5, 5.41) is 34.6. The highest BCUT2D eigenvalue weighted by Crippen LogP contribution is 2.52. The van der Waals surface area contributed by atoms with E-state index in [0.29, 0.717) is 18.7 Å². The number of carbonyl (C=O) groups is 3. The molecule has 0 saturated carbocycles. The number of rotatable bonds is 26. The second-order valence-electron chi connectivity index (χ2n) is 18.4. The molecule has 0 radical (unpaired) electrons. The number of carboxylic acid groups (broad SMARTS) is 2. The van der Waals surface area contributed by atoms with Crippen molar-refractivity contribution in [2.45, 2.75) is 181 Å². The number of aromatic carboxylic acids is 2. The maximum absolute atomic E-state index is 14.5. The van der Waals surface area contributed by atoms with E-state index in [4.69, 9.17) is 0 Å². The monoisotopic (exact) mass is 809 g/mol. The summed E-state index contributed by atoms with van der Waals surface area (Å²) in [5.41, 5.74) is 3.81. The summed E-state index contributed by atoms with van der Waals surface area (Å²) in [7, 11) is 0. The van der Waals surface area contributed by atoms with E-state index < -0.39 is 28.7 Å². The number of fused-ring (bicyclic) bond motifs is 2. The Labute approximate surface area is 354 Å². The molecule has 2 aliphatic heterocycles. The number of unbranched alkanes of at least 4 members (excludes halogenated alkanes) is 18. The normalized spacial score (nSPS) is 18.5. The topological polar surface area (TPSA) is 121 Å². The van der Waals surface area contributed by atoms with Gasteiger partial charge in [-0.3, -0.25) is 4.79 Å². The van der Waals surface area contributed by atoms with Gasteiger partial charge in [-0.15, -0.1) is 5.76 Å². The fourth-order valence-corrected chi connectivity index (χ4v) is 9.98. The molecule has 0 fully saturated rings. The average Bonchev–Trinajstić information content (AvgIpc) is 3.56. The molecule has 1 atom stereocenters. The van der Waals surface area contributed by atoms with Crippen LogP contribution in [0, 0.1) is 5.92 Å². The first-order valence-electron chi connectivity index (χ1n) is 23.1. The summed E-state index contributed by atoms with van der Waals surface area (Å²) in [6, 6.07) is 10.6. The molecular formula is C51H72N2O6. The second-order valence-corrected chi connectivity index (χ2v) is 18.4. The lowest BCUT2D eigenvalue weighted by Gasteiger charge is -2.38. The lowest BCUT2D eigenvalue weighted by Crippen LogP contribution is -2.49. The van der Waals surface area contributed by atoms with Crippen LogP contribution >= 0.6 is 0 Å². The highest BCUT2D eigenvalue weighted by Gasteiger charge is 2.54. The fraction of sp³-hybridized carbons (Fsp3) is 0.608. The summed E-state index contributed by atoms with van der Waals surface area (Å²) in [6.07, 6.45) is 25.7. The number of hydrogen-bond donors (Lipinski definition) is 2. The van der Waals surface area contributed by atoms with Crippen molar-refractivity contribution < 1.29 is 34.3 Å². The van der Waals surface area contributed by atoms with Crippen LogP contribution in [0.1, 0.15) is 202 Å². The summed E-state index contributed by atoms with van der Waals surface area (Å²) in [6.45, 7) is 13.8. The Hall–Kier alpha value is -4.20. The van der Waals surface area contributed by atoms with E-state index in [1.807, 2.05) is 39.8 Å². The minimum atomic E-state index is -1.01. The Morgan fingerprint density at radius 2 is 1.27 bits per heavy atom. The molecular weight excluding hydrogens is 737 g/mol. The first-order chi connectivity index (χ1) is 28.3. The van der Waals surface area contributed by atoms with Gasteiger partial charge in [0.25, 0.3) is 0 Å². The van der Waals surface area contributed by atoms with E-state index in [9.17, 15) is 29.7 Å². The van der Waals surface area contributed by atoms with Gasteiger partial charge >= 0.3 is 11.9 Å². The van der Waals surface area contributed by atoms with Crippen LogP contribution in [0.5, 0.6) is 0 Å². The summed E-state index contributed by atoms with van der Waals surface area (Å²) in [4.78, 5) is 41.2. The van der Waals surface area contributed by atoms with Crippen molar-refractivity contribution in [2.24, 2.45) is 5.92 Å². The van der Waals surface area contributed by atoms with Crippen molar-refractivity contribution in [3.63, 3.8) is 0 Å². The van der Waals surface area contributed by atoms with E-state index >= 15 is 0 Å². The molecule has 8 nitrogen and oxygen atoms in total. The molecule has 0 saturated heterocycles. The van der Waals surface area contributed by atoms with Gasteiger partial charge in [0.05, 0.1) is 16.5 Å². The molecule has 2 aromatic rings. The molecule has 0 bridgehead atoms. The number of allylic oxidation sites excluding steroid dienone is 4. The largest absolute Gasteiger partial charge is 0.874 e. The third-order valence-electron chi connectivity index (χ3n) is 13.3. The van der Waals surface area contributed by atoms with E-state index in [2.05, 4.69) is 23.3 Å². The van der Waals surface area contributed by atoms with Crippen LogP contribution in [0.25, 0.3) is 0 Å². The predicted octanol–water partition coefficient (Wildman–Crippen LogP) is 11.8. The third kappa shape index (κ3) is 10.2. The van der Waals surface area contributed by atoms with Crippen molar-refractivity contribution in [1.29, 1.82) is 0 Å². The molecule has 3 aliphatic rings. The molecule has 2 heterocycles. The van der Waals surface area contributed by atoms with Crippen LogP contribution < -0.4 is 10.0 Å². The quantitative estimate of drug-likeness (QED) is 0.0717. The van der Waals surface area contributed by atoms with Crippen LogP contribution in [0.2, 0.25) is 0 Å². The zero-order valence-electron chi connectivity index (χ0n) is 37.1. The molecule has 0 amide bonds. The standard InChI is InChI=1S/C51H72N2O6/c1-7-9-11-13-15-17-19-21-23-25-32-52-41-29-27-28-37(49(58)59)44(41)51(5,6)42(52)35-38-45(54)43(46(38)55)47-50(3,4)39-34-36(48(56)57)30-31-40(39)53(47)33-26-24-22-20-18-16-14-12-10-8-2/h27-31,34-35,43H,7-26,32-33H2,1-6H3,(H2-,54,55,56,57,58,59)/b42-35-. The van der Waals surface area contributed by atoms with Gasteiger partial charge in [0.15, 0.2) is 11.5 Å². The molecule has 2 N–H and O–H groups in total. The van der Waals surface area contributed by atoms with Gasteiger partial charge in [0, 0.05) is 52.5 Å². The number of ketones is 1. The molecule has 59 heavy (non-hydrogen) atoms. The first kappa shape index (κ1) is 45.9. The number of nitrogens with zero attached hydrogens (tertiary/aromatic N) is 2. The highest BCUT2D eigenvalue weighted by atomic mass is 16.4. The molecule has 2 aromatic carbocycles. The minimum Gasteiger partial charge on any atom is -0.874 e. The molecule has 0 aromatic heterocycles. The molecule has 8 heteroatoms. The smallest absolute Gasteiger partial charge is 0.336 e. The third-order valence-corrected chi connectivity index (χ3v) is 13.3. The van der Waals surface area contributed by atoms with Crippen molar-refractivity contribution in [1.82, 2.24) is 0 Å². The fourth-order valence-electron chi connectivity index (χ4n) is 9.98. The molecule has 0 spiro atoms. The van der Waals surface area contributed by atoms with Crippen LogP contribution in [0.3, 0.4) is 0 Å². The maximum atomic E-state index is 14.5. The number of Topliss-reactive ketones (excluding diaryl/α,β-unsaturated/α-hetero) is 1. The molecule has 5 rings (SSSR count). The Bertz CT molecular complexity index is 1920. The summed E-state index contributed by atoms with van der Waals surface area (Å²) >= 11 is 0. The lowest BCUT2D eigenvalue weighted by atomic mass is 9.68. The maximum Gasteiger partial charge on any atom is 0.336 e. The minimum absolute atomic E-state index is 0.153. The van der Waals surface area contributed by atoms with Gasteiger partial charge in [-0.2, -0.15) is 4.58 Å². The van der Waals surface area contributed by atoms with Crippen molar-refractivity contribution >= 4 is 34.8 Å². The lowest BCUT2D eigenvalue weighted by molar-refractivity contribution is -0.442. The van der Waals surface area contributed by atoms with Crippen molar-refractivity contribution in [3.8, 4) is 0 Å². The Morgan fingerprint density at radius 1 is 0.729 bits per heavy atom. The first-order valence-corrected chi connectivity index (χ1v) is 23.1. The van der Waals surface area contributed by atoms with E-state index in [-0.39, 0.29) is 28.2 Å². The second kappa shape index (κ2) is 20.9. The van der Waals surface area contributed by atoms with Gasteiger partial charge in [0.2, 0.25) is 5.69 Å². The van der Waals surface area contributed by atoms with E-state index in [0.717, 1.165) is 66.9 Å². The predicted molar refractivity (Wildman–Crippen MR) is 237 cm³/mol. The SMILES string of the molecule is CCCCCCCCCCCCN1/C(=C\C2=C([O-])C(C3=[N+](CCCCCCCCCCCC)c4ccc(C(=O)O)cc4C3(C)C)C2=O)C(C)(C)c2c(C(=O)O)cccc21. The van der Waals surface area contributed by atoms with Crippen molar-refractivity contribution in [2.75, 3.05) is 18.0 Å². The van der Waals surface area contributed by atoms with Crippen LogP contribution in [-0.2, 0) is 15.6 Å². The van der Waals surface area contributed by atoms with Crippen molar-refractivity contribution in [3.05, 3.63) is 81.8 Å². The van der Waals surface area contributed by atoms with Crippen LogP contribution in [0.15, 0.2) is 59.5 Å². The van der Waals surface area contributed by atoms with E-state index in [1.54, 1.807) is 30.3 Å². The van der Waals surface area contributed by atoms with Gasteiger partial charge in [0.1, 0.15) is 12.5 Å². The van der Waals surface area contributed by atoms with Gasteiger partial charge < -0.3 is 20.2 Å². The number of carboxylic acids is 2. The van der Waals surface area contributed by atoms with Crippen LogP contribution in [-0.4, -0.2) is 51.3 Å². The average molecular weight is 809 g/mol. The van der Waals surface area contributed by atoms with Crippen LogP contribution in [0.4, 0.5) is 11.4 Å². The van der Waals surface area contributed by atoms with Gasteiger partial charge in [-0.25, -0.2) is 9.59 Å². The summed E-state index contributed by atoms with van der Waals surface area (Å²) < 4.78 is 2.14. The zero-order chi connectivity index (χ0) is 42.7. The highest BCUT2D eigenvalue weighted by molar-refractivity contribution is 6.23. The number of carbonyl (C=O) groups excluding carboxylic acids is 1. The Morgan fingerprint density at radius 3 is 1.80 bits per heavy atom. The molecule has 1 aliphatic carbocycles. The van der Waals surface area contributed by atoms with Gasteiger partial charge in [-0.05, 0) is 57.0 Å². The Balaban J connectivity index is 1.40. The number of benzene rings is 2. The Kier molecular flexibility index (Phi) is 16.2. The molecule has 322 valence electrons. The number of anilines is 1. The summed E-state index contributed by atoms with van der Waals surface area (Å²) in [5.74, 6) is -3.42. The zero-order valence-corrected chi connectivity index (χ0v) is 37.1. The molecule has 1 unspecified atom stereocenters. The number of hydrogen-bond acceptors (Lipinski definition) is 5. The van der Waals surface area contributed by atoms with Gasteiger partial charge in [-0.1, -0.05) is 143 Å².